The van der Waals surface area contributed by atoms with Gasteiger partial charge >= 0.3 is 5.69 Å². The lowest BCUT2D eigenvalue weighted by molar-refractivity contribution is -0.386. The van der Waals surface area contributed by atoms with Crippen LogP contribution in [-0.2, 0) is 0 Å². The summed E-state index contributed by atoms with van der Waals surface area (Å²) >= 11 is 0. The van der Waals surface area contributed by atoms with Gasteiger partial charge in [0, 0.05) is 0 Å². The highest BCUT2D eigenvalue weighted by molar-refractivity contribution is 5.50. The molecular formula is C15H13F2NO5. The number of halogens is 2. The van der Waals surface area contributed by atoms with Crippen molar-refractivity contribution in [1.29, 1.82) is 0 Å². The van der Waals surface area contributed by atoms with Crippen molar-refractivity contribution in [2.75, 3.05) is 13.7 Å². The molecule has 0 saturated heterocycles. The summed E-state index contributed by atoms with van der Waals surface area (Å²) in [7, 11) is 1.35. The lowest BCUT2D eigenvalue weighted by atomic mass is 10.1. The van der Waals surface area contributed by atoms with Crippen LogP contribution >= 0.6 is 0 Å². The Hall–Kier alpha value is -2.74. The Kier molecular flexibility index (Phi) is 5.07. The van der Waals surface area contributed by atoms with Crippen LogP contribution in [0.5, 0.6) is 11.5 Å². The van der Waals surface area contributed by atoms with Gasteiger partial charge in [0.1, 0.15) is 30.1 Å². The maximum Gasteiger partial charge on any atom is 0.314 e. The minimum absolute atomic E-state index is 0.147. The number of aliphatic hydroxyl groups is 1. The summed E-state index contributed by atoms with van der Waals surface area (Å²) in [5.74, 6) is -1.74. The second-order valence-corrected chi connectivity index (χ2v) is 4.55. The summed E-state index contributed by atoms with van der Waals surface area (Å²) in [5, 5.41) is 20.9. The van der Waals surface area contributed by atoms with Gasteiger partial charge in [-0.05, 0) is 24.3 Å². The number of aliphatic hydroxyl groups excluding tert-OH is 1. The molecule has 2 aromatic carbocycles. The molecule has 0 aliphatic heterocycles. The van der Waals surface area contributed by atoms with Crippen LogP contribution in [0.25, 0.3) is 0 Å². The minimum Gasteiger partial charge on any atom is -0.496 e. The third-order valence-electron chi connectivity index (χ3n) is 3.09. The molecule has 0 saturated carbocycles. The first-order valence-corrected chi connectivity index (χ1v) is 6.51. The zero-order chi connectivity index (χ0) is 17.0. The number of hydrogen-bond donors (Lipinski definition) is 1. The summed E-state index contributed by atoms with van der Waals surface area (Å²) < 4.78 is 37.1. The van der Waals surface area contributed by atoms with Gasteiger partial charge in [-0.15, -0.1) is 0 Å². The van der Waals surface area contributed by atoms with E-state index in [-0.39, 0.29) is 17.2 Å². The Balaban J connectivity index is 2.19. The van der Waals surface area contributed by atoms with Gasteiger partial charge in [-0.3, -0.25) is 10.1 Å². The number of rotatable bonds is 6. The maximum atomic E-state index is 13.6. The molecule has 0 amide bonds. The number of nitro groups is 1. The topological polar surface area (TPSA) is 81.8 Å². The third kappa shape index (κ3) is 3.72. The van der Waals surface area contributed by atoms with Crippen LogP contribution < -0.4 is 9.47 Å². The van der Waals surface area contributed by atoms with Crippen molar-refractivity contribution in [2.24, 2.45) is 0 Å². The molecule has 0 fully saturated rings. The number of benzene rings is 2. The first-order valence-electron chi connectivity index (χ1n) is 6.51. The predicted octanol–water partition coefficient (Wildman–Crippen LogP) is 2.99. The third-order valence-corrected chi connectivity index (χ3v) is 3.09. The molecule has 2 rings (SSSR count). The summed E-state index contributed by atoms with van der Waals surface area (Å²) in [6.45, 7) is -0.551. The van der Waals surface area contributed by atoms with Crippen LogP contribution in [-0.4, -0.2) is 23.7 Å². The quantitative estimate of drug-likeness (QED) is 0.652. The van der Waals surface area contributed by atoms with E-state index < -0.39 is 34.8 Å². The molecule has 0 radical (unpaired) electrons. The van der Waals surface area contributed by atoms with Gasteiger partial charge in [-0.1, -0.05) is 6.07 Å². The summed E-state index contributed by atoms with van der Waals surface area (Å²) in [4.78, 5) is 10.3. The van der Waals surface area contributed by atoms with Crippen molar-refractivity contribution in [1.82, 2.24) is 0 Å². The largest absolute Gasteiger partial charge is 0.496 e. The minimum atomic E-state index is -1.61. The summed E-state index contributed by atoms with van der Waals surface area (Å²) in [6.07, 6.45) is -1.61. The number of nitro benzene ring substituents is 1. The maximum absolute atomic E-state index is 13.6. The van der Waals surface area contributed by atoms with Crippen LogP contribution in [0.3, 0.4) is 0 Å². The normalized spacial score (nSPS) is 11.8. The van der Waals surface area contributed by atoms with E-state index in [2.05, 4.69) is 0 Å². The van der Waals surface area contributed by atoms with E-state index in [4.69, 9.17) is 9.47 Å². The van der Waals surface area contributed by atoms with Crippen LogP contribution in [0.2, 0.25) is 0 Å². The van der Waals surface area contributed by atoms with E-state index in [1.165, 1.54) is 19.2 Å². The first-order chi connectivity index (χ1) is 10.9. The van der Waals surface area contributed by atoms with Gasteiger partial charge in [-0.25, -0.2) is 8.78 Å². The standard InChI is InChI=1S/C15H13F2NO5/c1-22-9-5-6-14(12(7-9)18(20)21)23-8-13(19)15-10(16)3-2-4-11(15)17/h2-7,13,19H,8H2,1H3. The number of nitrogens with zero attached hydrogens (tertiary/aromatic N) is 1. The van der Waals surface area contributed by atoms with Crippen LogP contribution in [0, 0.1) is 21.7 Å². The van der Waals surface area contributed by atoms with E-state index >= 15 is 0 Å². The predicted molar refractivity (Wildman–Crippen MR) is 76.5 cm³/mol. The lowest BCUT2D eigenvalue weighted by Gasteiger charge is -2.14. The highest BCUT2D eigenvalue weighted by Crippen LogP contribution is 2.32. The fourth-order valence-corrected chi connectivity index (χ4v) is 1.97. The van der Waals surface area contributed by atoms with Gasteiger partial charge in [-0.2, -0.15) is 0 Å². The number of hydrogen-bond acceptors (Lipinski definition) is 5. The van der Waals surface area contributed by atoms with E-state index in [1.54, 1.807) is 0 Å². The van der Waals surface area contributed by atoms with E-state index in [0.717, 1.165) is 24.3 Å². The SMILES string of the molecule is COc1ccc(OCC(O)c2c(F)cccc2F)c([N+](=O)[O-])c1. The molecule has 0 spiro atoms. The van der Waals surface area contributed by atoms with E-state index in [9.17, 15) is 24.0 Å². The Morgan fingerprint density at radius 1 is 1.26 bits per heavy atom. The molecule has 23 heavy (non-hydrogen) atoms. The van der Waals surface area contributed by atoms with Crippen LogP contribution in [0.1, 0.15) is 11.7 Å². The van der Waals surface area contributed by atoms with Crippen molar-refractivity contribution in [3.05, 3.63) is 63.7 Å². The second-order valence-electron chi connectivity index (χ2n) is 4.55. The smallest absolute Gasteiger partial charge is 0.314 e. The molecule has 6 nitrogen and oxygen atoms in total. The van der Waals surface area contributed by atoms with Crippen molar-refractivity contribution in [3.63, 3.8) is 0 Å². The highest BCUT2D eigenvalue weighted by atomic mass is 19.1. The Morgan fingerprint density at radius 2 is 1.91 bits per heavy atom. The van der Waals surface area contributed by atoms with E-state index in [1.807, 2.05) is 0 Å². The highest BCUT2D eigenvalue weighted by Gasteiger charge is 2.21. The van der Waals surface area contributed by atoms with Crippen molar-refractivity contribution in [3.8, 4) is 11.5 Å². The molecular weight excluding hydrogens is 312 g/mol. The molecule has 1 N–H and O–H groups in total. The van der Waals surface area contributed by atoms with Gasteiger partial charge in [0.2, 0.25) is 0 Å². The van der Waals surface area contributed by atoms with E-state index in [0.29, 0.717) is 0 Å². The average molecular weight is 325 g/mol. The average Bonchev–Trinajstić information content (AvgIpc) is 2.52. The Labute approximate surface area is 130 Å². The van der Waals surface area contributed by atoms with Crippen molar-refractivity contribution in [2.45, 2.75) is 6.10 Å². The summed E-state index contributed by atoms with van der Waals surface area (Å²) in [6, 6.07) is 7.01. The molecule has 8 heteroatoms. The second kappa shape index (κ2) is 7.01. The molecule has 1 unspecified atom stereocenters. The molecule has 1 atom stereocenters. The van der Waals surface area contributed by atoms with Gasteiger partial charge in [0.15, 0.2) is 5.75 Å². The monoisotopic (exact) mass is 325 g/mol. The molecule has 0 aliphatic carbocycles. The van der Waals surface area contributed by atoms with Crippen LogP contribution in [0.4, 0.5) is 14.5 Å². The molecule has 0 aromatic heterocycles. The number of ether oxygens (including phenoxy) is 2. The Bertz CT molecular complexity index is 703. The molecule has 0 aliphatic rings. The number of methoxy groups -OCH3 is 1. The Morgan fingerprint density at radius 3 is 2.48 bits per heavy atom. The fraction of sp³-hybridized carbons (Fsp3) is 0.200. The first kappa shape index (κ1) is 16.6. The summed E-state index contributed by atoms with van der Waals surface area (Å²) in [5.41, 5.74) is -0.936. The molecule has 122 valence electrons. The zero-order valence-electron chi connectivity index (χ0n) is 12.0. The van der Waals surface area contributed by atoms with Gasteiger partial charge in [0.25, 0.3) is 0 Å². The molecule has 2 aromatic rings. The van der Waals surface area contributed by atoms with Crippen LogP contribution in [0.15, 0.2) is 36.4 Å². The zero-order valence-corrected chi connectivity index (χ0v) is 12.0. The van der Waals surface area contributed by atoms with Gasteiger partial charge in [0.05, 0.1) is 23.7 Å². The fourth-order valence-electron chi connectivity index (χ4n) is 1.97. The molecule has 0 bridgehead atoms. The molecule has 0 heterocycles. The van der Waals surface area contributed by atoms with Crippen molar-refractivity contribution < 1.29 is 28.3 Å². The van der Waals surface area contributed by atoms with Crippen molar-refractivity contribution >= 4 is 5.69 Å². The lowest BCUT2D eigenvalue weighted by Crippen LogP contribution is -2.13. The van der Waals surface area contributed by atoms with Gasteiger partial charge < -0.3 is 14.6 Å².